The van der Waals surface area contributed by atoms with Gasteiger partial charge in [0.1, 0.15) is 6.29 Å². The first-order valence-corrected chi connectivity index (χ1v) is 5.62. The summed E-state index contributed by atoms with van der Waals surface area (Å²) in [4.78, 5) is 24.5. The number of halogens is 1. The Bertz CT molecular complexity index is 402. The summed E-state index contributed by atoms with van der Waals surface area (Å²) in [7, 11) is 0. The van der Waals surface area contributed by atoms with Crippen LogP contribution in [0.1, 0.15) is 23.2 Å². The van der Waals surface area contributed by atoms with Crippen LogP contribution in [0.2, 0.25) is 5.02 Å². The second-order valence-corrected chi connectivity index (χ2v) is 4.29. The van der Waals surface area contributed by atoms with Gasteiger partial charge in [0, 0.05) is 17.1 Å². The SMILES string of the molecule is O=CC1CCCN1C(=O)c1ccc(Cl)cc1. The molecule has 3 nitrogen and oxygen atoms in total. The molecule has 84 valence electrons. The smallest absolute Gasteiger partial charge is 0.254 e. The quantitative estimate of drug-likeness (QED) is 0.739. The van der Waals surface area contributed by atoms with Gasteiger partial charge >= 0.3 is 0 Å². The number of carbonyl (C=O) groups is 2. The van der Waals surface area contributed by atoms with E-state index in [4.69, 9.17) is 11.6 Å². The molecule has 1 heterocycles. The zero-order valence-corrected chi connectivity index (χ0v) is 9.48. The number of likely N-dealkylation sites (tertiary alicyclic amines) is 1. The van der Waals surface area contributed by atoms with Gasteiger partial charge in [-0.15, -0.1) is 0 Å². The molecule has 0 saturated carbocycles. The summed E-state index contributed by atoms with van der Waals surface area (Å²) in [5, 5.41) is 0.602. The molecular weight excluding hydrogens is 226 g/mol. The molecular formula is C12H12ClNO2. The zero-order chi connectivity index (χ0) is 11.5. The van der Waals surface area contributed by atoms with Crippen LogP contribution >= 0.6 is 11.6 Å². The third-order valence-corrected chi connectivity index (χ3v) is 3.06. The van der Waals surface area contributed by atoms with Gasteiger partial charge in [0.15, 0.2) is 0 Å². The maximum absolute atomic E-state index is 12.1. The Morgan fingerprint density at radius 2 is 2.06 bits per heavy atom. The molecule has 0 spiro atoms. The van der Waals surface area contributed by atoms with Crippen molar-refractivity contribution in [2.24, 2.45) is 0 Å². The lowest BCUT2D eigenvalue weighted by Gasteiger charge is -2.20. The molecule has 4 heteroatoms. The van der Waals surface area contributed by atoms with E-state index in [0.717, 1.165) is 19.1 Å². The molecule has 1 amide bonds. The summed E-state index contributed by atoms with van der Waals surface area (Å²) >= 11 is 5.75. The van der Waals surface area contributed by atoms with Crippen molar-refractivity contribution >= 4 is 23.8 Å². The Kier molecular flexibility index (Phi) is 3.25. The van der Waals surface area contributed by atoms with Crippen molar-refractivity contribution in [1.82, 2.24) is 4.90 Å². The highest BCUT2D eigenvalue weighted by molar-refractivity contribution is 6.30. The summed E-state index contributed by atoms with van der Waals surface area (Å²) in [5.41, 5.74) is 0.582. The Balaban J connectivity index is 2.18. The number of amides is 1. The van der Waals surface area contributed by atoms with Crippen LogP contribution < -0.4 is 0 Å². The summed E-state index contributed by atoms with van der Waals surface area (Å²) in [6.07, 6.45) is 2.51. The largest absolute Gasteiger partial charge is 0.329 e. The van der Waals surface area contributed by atoms with E-state index < -0.39 is 0 Å². The van der Waals surface area contributed by atoms with Crippen LogP contribution in [-0.2, 0) is 4.79 Å². The minimum Gasteiger partial charge on any atom is -0.329 e. The molecule has 1 aromatic carbocycles. The standard InChI is InChI=1S/C12H12ClNO2/c13-10-5-3-9(4-6-10)12(16)14-7-1-2-11(14)8-15/h3-6,8,11H,1-2,7H2. The van der Waals surface area contributed by atoms with Crippen LogP contribution in [0.15, 0.2) is 24.3 Å². The molecule has 0 aliphatic carbocycles. The van der Waals surface area contributed by atoms with Crippen LogP contribution in [0, 0.1) is 0 Å². The summed E-state index contributed by atoms with van der Waals surface area (Å²) < 4.78 is 0. The fourth-order valence-corrected chi connectivity index (χ4v) is 2.07. The predicted molar refractivity (Wildman–Crippen MR) is 61.6 cm³/mol. The van der Waals surface area contributed by atoms with E-state index in [1.807, 2.05) is 0 Å². The lowest BCUT2D eigenvalue weighted by atomic mass is 10.2. The van der Waals surface area contributed by atoms with Gasteiger partial charge in [0.25, 0.3) is 5.91 Å². The van der Waals surface area contributed by atoms with Crippen molar-refractivity contribution in [2.75, 3.05) is 6.54 Å². The number of hydrogen-bond acceptors (Lipinski definition) is 2. The van der Waals surface area contributed by atoms with Crippen molar-refractivity contribution in [3.63, 3.8) is 0 Å². The second-order valence-electron chi connectivity index (χ2n) is 3.85. The molecule has 1 fully saturated rings. The fourth-order valence-electron chi connectivity index (χ4n) is 1.94. The van der Waals surface area contributed by atoms with Crippen molar-refractivity contribution in [3.8, 4) is 0 Å². The summed E-state index contributed by atoms with van der Waals surface area (Å²) in [6.45, 7) is 0.658. The van der Waals surface area contributed by atoms with Crippen LogP contribution in [0.3, 0.4) is 0 Å². The van der Waals surface area contributed by atoms with E-state index in [1.165, 1.54) is 0 Å². The molecule has 1 aromatic rings. The molecule has 0 radical (unpaired) electrons. The zero-order valence-electron chi connectivity index (χ0n) is 8.73. The van der Waals surface area contributed by atoms with Crippen LogP contribution in [0.4, 0.5) is 0 Å². The number of aldehydes is 1. The first kappa shape index (κ1) is 11.1. The summed E-state index contributed by atoms with van der Waals surface area (Å²) in [6, 6.07) is 6.47. The highest BCUT2D eigenvalue weighted by Gasteiger charge is 2.28. The summed E-state index contributed by atoms with van der Waals surface area (Å²) in [5.74, 6) is -0.0914. The monoisotopic (exact) mass is 237 g/mol. The van der Waals surface area contributed by atoms with Crippen LogP contribution in [0.25, 0.3) is 0 Å². The van der Waals surface area contributed by atoms with E-state index in [9.17, 15) is 9.59 Å². The van der Waals surface area contributed by atoms with Crippen LogP contribution in [-0.4, -0.2) is 29.7 Å². The topological polar surface area (TPSA) is 37.4 Å². The van der Waals surface area contributed by atoms with E-state index in [0.29, 0.717) is 17.1 Å². The minimum atomic E-state index is -0.261. The Morgan fingerprint density at radius 1 is 1.38 bits per heavy atom. The third kappa shape index (κ3) is 2.09. The van der Waals surface area contributed by atoms with E-state index in [1.54, 1.807) is 29.2 Å². The van der Waals surface area contributed by atoms with Crippen molar-refractivity contribution < 1.29 is 9.59 Å². The number of benzene rings is 1. The van der Waals surface area contributed by atoms with Crippen molar-refractivity contribution in [1.29, 1.82) is 0 Å². The van der Waals surface area contributed by atoms with Gasteiger partial charge in [0.05, 0.1) is 6.04 Å². The van der Waals surface area contributed by atoms with Gasteiger partial charge in [-0.3, -0.25) is 4.79 Å². The minimum absolute atomic E-state index is 0.0914. The highest BCUT2D eigenvalue weighted by atomic mass is 35.5. The molecule has 1 saturated heterocycles. The molecule has 1 unspecified atom stereocenters. The Hall–Kier alpha value is -1.35. The van der Waals surface area contributed by atoms with E-state index in [2.05, 4.69) is 0 Å². The molecule has 0 N–H and O–H groups in total. The fraction of sp³-hybridized carbons (Fsp3) is 0.333. The number of nitrogens with zero attached hydrogens (tertiary/aromatic N) is 1. The predicted octanol–water partition coefficient (Wildman–Crippen LogP) is 2.14. The highest BCUT2D eigenvalue weighted by Crippen LogP contribution is 2.19. The Labute approximate surface area is 99.0 Å². The maximum Gasteiger partial charge on any atom is 0.254 e. The lowest BCUT2D eigenvalue weighted by molar-refractivity contribution is -0.111. The average Bonchev–Trinajstić information content (AvgIpc) is 2.77. The first-order chi connectivity index (χ1) is 7.72. The molecule has 1 aliphatic heterocycles. The molecule has 1 aliphatic rings. The van der Waals surface area contributed by atoms with Crippen molar-refractivity contribution in [2.45, 2.75) is 18.9 Å². The molecule has 0 aromatic heterocycles. The lowest BCUT2D eigenvalue weighted by Crippen LogP contribution is -2.36. The van der Waals surface area contributed by atoms with Gasteiger partial charge in [-0.1, -0.05) is 11.6 Å². The number of carbonyl (C=O) groups excluding carboxylic acids is 2. The molecule has 2 rings (SSSR count). The normalized spacial score (nSPS) is 19.8. The molecule has 0 bridgehead atoms. The van der Waals surface area contributed by atoms with Gasteiger partial charge in [0.2, 0.25) is 0 Å². The van der Waals surface area contributed by atoms with Crippen molar-refractivity contribution in [3.05, 3.63) is 34.9 Å². The molecule has 16 heavy (non-hydrogen) atoms. The van der Waals surface area contributed by atoms with Gasteiger partial charge in [-0.25, -0.2) is 0 Å². The second kappa shape index (κ2) is 4.66. The van der Waals surface area contributed by atoms with Gasteiger partial charge < -0.3 is 9.69 Å². The average molecular weight is 238 g/mol. The Morgan fingerprint density at radius 3 is 2.69 bits per heavy atom. The van der Waals surface area contributed by atoms with E-state index in [-0.39, 0.29) is 11.9 Å². The number of rotatable bonds is 2. The third-order valence-electron chi connectivity index (χ3n) is 2.81. The van der Waals surface area contributed by atoms with Gasteiger partial charge in [-0.2, -0.15) is 0 Å². The maximum atomic E-state index is 12.1. The van der Waals surface area contributed by atoms with E-state index >= 15 is 0 Å². The van der Waals surface area contributed by atoms with Crippen LogP contribution in [0.5, 0.6) is 0 Å². The van der Waals surface area contributed by atoms with Gasteiger partial charge in [-0.05, 0) is 37.1 Å². The molecule has 1 atom stereocenters. The first-order valence-electron chi connectivity index (χ1n) is 5.24. The number of hydrogen-bond donors (Lipinski definition) is 0.